The fraction of sp³-hybridized carbons (Fsp3) is 0.417. The molecule has 0 unspecified atom stereocenters. The summed E-state index contributed by atoms with van der Waals surface area (Å²) in [6.07, 6.45) is 3.47. The Morgan fingerprint density at radius 2 is 2.11 bits per heavy atom. The summed E-state index contributed by atoms with van der Waals surface area (Å²) in [6, 6.07) is 5.92. The normalized spacial score (nSPS) is 10.3. The number of benzene rings is 1. The van der Waals surface area contributed by atoms with E-state index in [-0.39, 0.29) is 5.91 Å². The van der Waals surface area contributed by atoms with Gasteiger partial charge in [-0.1, -0.05) is 22.4 Å². The van der Waals surface area contributed by atoms with Crippen molar-refractivity contribution in [1.29, 1.82) is 0 Å². The van der Waals surface area contributed by atoms with Crippen LogP contribution in [0.5, 0.6) is 0 Å². The van der Waals surface area contributed by atoms with Crippen LogP contribution in [-0.2, 0) is 4.79 Å². The van der Waals surface area contributed by atoms with Gasteiger partial charge in [-0.05, 0) is 36.8 Å². The molecule has 0 saturated heterocycles. The van der Waals surface area contributed by atoms with Crippen LogP contribution in [0, 0.1) is 0 Å². The molecule has 4 nitrogen and oxygen atoms in total. The maximum absolute atomic E-state index is 10.9. The molecule has 0 bridgehead atoms. The van der Waals surface area contributed by atoms with E-state index in [4.69, 9.17) is 11.6 Å². The van der Waals surface area contributed by atoms with Crippen molar-refractivity contribution < 1.29 is 4.79 Å². The number of amides is 1. The summed E-state index contributed by atoms with van der Waals surface area (Å²) >= 11 is 5.13. The third-order valence-corrected chi connectivity index (χ3v) is 4.11. The molecule has 0 atom stereocenters. The molecule has 6 heteroatoms. The zero-order chi connectivity index (χ0) is 13.4. The molecule has 0 spiro atoms. The number of thioether (sulfide) groups is 1. The van der Waals surface area contributed by atoms with Crippen LogP contribution in [-0.4, -0.2) is 11.7 Å². The molecule has 18 heavy (non-hydrogen) atoms. The molecular formula is C12H18BrN3OS. The number of nitrogen functional groups attached to an aromatic ring is 1. The number of hydrogen-bond acceptors (Lipinski definition) is 4. The number of nitrogens with two attached hydrogens (primary N) is 2. The maximum Gasteiger partial charge on any atom is 0.233 e. The first kappa shape index (κ1) is 15.3. The van der Waals surface area contributed by atoms with Crippen LogP contribution in [0.25, 0.3) is 0 Å². The fourth-order valence-electron chi connectivity index (χ4n) is 1.47. The molecular weight excluding hydrogens is 314 g/mol. The molecule has 0 aliphatic heterocycles. The van der Waals surface area contributed by atoms with E-state index in [0.29, 0.717) is 6.42 Å². The Bertz CT molecular complexity index is 401. The van der Waals surface area contributed by atoms with Crippen LogP contribution >= 0.6 is 27.7 Å². The van der Waals surface area contributed by atoms with Crippen LogP contribution in [0.15, 0.2) is 27.6 Å². The smallest absolute Gasteiger partial charge is 0.233 e. The number of unbranched alkanes of at least 4 members (excludes halogenated alkanes) is 2. The van der Waals surface area contributed by atoms with Crippen LogP contribution < -0.4 is 17.0 Å². The van der Waals surface area contributed by atoms with Gasteiger partial charge in [-0.25, -0.2) is 5.84 Å². The number of anilines is 1. The van der Waals surface area contributed by atoms with Crippen molar-refractivity contribution in [2.75, 3.05) is 11.5 Å². The molecule has 0 aromatic heterocycles. The highest BCUT2D eigenvalue weighted by molar-refractivity contribution is 9.10. The standard InChI is InChI=1S/C12H18BrN3OS/c13-9-5-6-11(10(14)8-9)18-7-3-1-2-4-12(17)16-15/h5-6,8H,1-4,7,14-15H2,(H,16,17). The minimum Gasteiger partial charge on any atom is -0.398 e. The zero-order valence-electron chi connectivity index (χ0n) is 10.1. The lowest BCUT2D eigenvalue weighted by atomic mass is 10.2. The topological polar surface area (TPSA) is 81.1 Å². The number of hydrazine groups is 1. The molecule has 0 saturated carbocycles. The predicted octanol–water partition coefficient (Wildman–Crippen LogP) is 2.67. The van der Waals surface area contributed by atoms with E-state index in [1.807, 2.05) is 18.2 Å². The van der Waals surface area contributed by atoms with Crippen LogP contribution in [0.2, 0.25) is 0 Å². The minimum absolute atomic E-state index is 0.0974. The van der Waals surface area contributed by atoms with Gasteiger partial charge < -0.3 is 5.73 Å². The van der Waals surface area contributed by atoms with E-state index < -0.39 is 0 Å². The average Bonchev–Trinajstić information content (AvgIpc) is 2.35. The third-order valence-electron chi connectivity index (χ3n) is 2.44. The average molecular weight is 332 g/mol. The summed E-state index contributed by atoms with van der Waals surface area (Å²) in [5, 5.41) is 0. The maximum atomic E-state index is 10.9. The first-order chi connectivity index (χ1) is 8.63. The third kappa shape index (κ3) is 5.75. The number of nitrogens with one attached hydrogen (secondary N) is 1. The zero-order valence-corrected chi connectivity index (χ0v) is 12.5. The van der Waals surface area contributed by atoms with E-state index in [1.54, 1.807) is 11.8 Å². The van der Waals surface area contributed by atoms with Gasteiger partial charge in [0, 0.05) is 21.5 Å². The number of rotatable bonds is 7. The van der Waals surface area contributed by atoms with Crippen molar-refractivity contribution in [2.45, 2.75) is 30.6 Å². The van der Waals surface area contributed by atoms with Crippen LogP contribution in [0.4, 0.5) is 5.69 Å². The highest BCUT2D eigenvalue weighted by Crippen LogP contribution is 2.28. The lowest BCUT2D eigenvalue weighted by molar-refractivity contribution is -0.121. The highest BCUT2D eigenvalue weighted by Gasteiger charge is 2.01. The lowest BCUT2D eigenvalue weighted by Crippen LogP contribution is -2.29. The van der Waals surface area contributed by atoms with E-state index in [1.165, 1.54) is 0 Å². The quantitative estimate of drug-likeness (QED) is 0.179. The van der Waals surface area contributed by atoms with Gasteiger partial charge in [0.2, 0.25) is 5.91 Å². The van der Waals surface area contributed by atoms with Crippen molar-refractivity contribution in [2.24, 2.45) is 5.84 Å². The second-order valence-corrected chi connectivity index (χ2v) is 5.96. The largest absolute Gasteiger partial charge is 0.398 e. The Kier molecular flexibility index (Phi) is 7.15. The van der Waals surface area contributed by atoms with Crippen LogP contribution in [0.3, 0.4) is 0 Å². The SMILES string of the molecule is NNC(=O)CCCCCSc1ccc(Br)cc1N. The van der Waals surface area contributed by atoms with E-state index in [9.17, 15) is 4.79 Å². The Labute approximate surface area is 120 Å². The summed E-state index contributed by atoms with van der Waals surface area (Å²) in [5.74, 6) is 5.91. The van der Waals surface area contributed by atoms with Gasteiger partial charge in [0.15, 0.2) is 0 Å². The second-order valence-electron chi connectivity index (χ2n) is 3.91. The number of carbonyl (C=O) groups excluding carboxylic acids is 1. The van der Waals surface area contributed by atoms with Gasteiger partial charge in [0.1, 0.15) is 0 Å². The van der Waals surface area contributed by atoms with E-state index in [0.717, 1.165) is 40.1 Å². The molecule has 5 N–H and O–H groups in total. The van der Waals surface area contributed by atoms with Crippen molar-refractivity contribution in [3.8, 4) is 0 Å². The monoisotopic (exact) mass is 331 g/mol. The number of carbonyl (C=O) groups is 1. The Morgan fingerprint density at radius 3 is 2.78 bits per heavy atom. The first-order valence-electron chi connectivity index (χ1n) is 5.80. The second kappa shape index (κ2) is 8.39. The molecule has 100 valence electrons. The van der Waals surface area contributed by atoms with Gasteiger partial charge in [0.05, 0.1) is 0 Å². The van der Waals surface area contributed by atoms with E-state index >= 15 is 0 Å². The molecule has 1 aromatic carbocycles. The summed E-state index contributed by atoms with van der Waals surface area (Å²) in [7, 11) is 0. The van der Waals surface area contributed by atoms with Gasteiger partial charge in [-0.2, -0.15) is 0 Å². The van der Waals surface area contributed by atoms with Crippen LogP contribution in [0.1, 0.15) is 25.7 Å². The Balaban J connectivity index is 2.16. The van der Waals surface area contributed by atoms with E-state index in [2.05, 4.69) is 21.4 Å². The van der Waals surface area contributed by atoms with Gasteiger partial charge in [-0.15, -0.1) is 11.8 Å². The van der Waals surface area contributed by atoms with Crippen molar-refractivity contribution in [3.63, 3.8) is 0 Å². The lowest BCUT2D eigenvalue weighted by Gasteiger charge is -2.05. The highest BCUT2D eigenvalue weighted by atomic mass is 79.9. The molecule has 0 heterocycles. The first-order valence-corrected chi connectivity index (χ1v) is 7.58. The molecule has 0 aliphatic carbocycles. The summed E-state index contributed by atoms with van der Waals surface area (Å²) in [4.78, 5) is 12.0. The molecule has 1 amide bonds. The minimum atomic E-state index is -0.0974. The number of halogens is 1. The summed E-state index contributed by atoms with van der Waals surface area (Å²) in [5.41, 5.74) is 8.83. The Hall–Kier alpha value is -0.720. The predicted molar refractivity (Wildman–Crippen MR) is 80.1 cm³/mol. The Morgan fingerprint density at radius 1 is 1.33 bits per heavy atom. The summed E-state index contributed by atoms with van der Waals surface area (Å²) in [6.45, 7) is 0. The van der Waals surface area contributed by atoms with Crippen molar-refractivity contribution in [3.05, 3.63) is 22.7 Å². The molecule has 0 fully saturated rings. The molecule has 0 radical (unpaired) electrons. The van der Waals surface area contributed by atoms with Gasteiger partial charge >= 0.3 is 0 Å². The number of hydrogen-bond donors (Lipinski definition) is 3. The van der Waals surface area contributed by atoms with Gasteiger partial charge in [-0.3, -0.25) is 10.2 Å². The van der Waals surface area contributed by atoms with Crippen molar-refractivity contribution in [1.82, 2.24) is 5.43 Å². The molecule has 1 rings (SSSR count). The van der Waals surface area contributed by atoms with Crippen molar-refractivity contribution >= 4 is 39.3 Å². The molecule has 1 aromatic rings. The summed E-state index contributed by atoms with van der Waals surface area (Å²) < 4.78 is 0.997. The molecule has 0 aliphatic rings. The fourth-order valence-corrected chi connectivity index (χ4v) is 2.81. The van der Waals surface area contributed by atoms with Gasteiger partial charge in [0.25, 0.3) is 0 Å².